The number of hydrogen-bond acceptors (Lipinski definition) is 5. The number of carbonyl (C=O) groups excluding carboxylic acids is 1. The zero-order valence-corrected chi connectivity index (χ0v) is 13.8. The van der Waals surface area contributed by atoms with Gasteiger partial charge in [0.05, 0.1) is 18.1 Å². The van der Waals surface area contributed by atoms with Gasteiger partial charge < -0.3 is 10.1 Å². The van der Waals surface area contributed by atoms with Gasteiger partial charge in [-0.25, -0.2) is 13.6 Å². The second-order valence-corrected chi connectivity index (χ2v) is 7.05. The van der Waals surface area contributed by atoms with Gasteiger partial charge >= 0.3 is 0 Å². The number of ether oxygens (including phenoxy) is 1. The van der Waals surface area contributed by atoms with Crippen LogP contribution in [0.15, 0.2) is 29.2 Å². The Morgan fingerprint density at radius 3 is 2.48 bits per heavy atom. The molecule has 128 valence electrons. The molecule has 1 fully saturated rings. The molecule has 0 atom stereocenters. The normalized spacial score (nSPS) is 16.2. The summed E-state index contributed by atoms with van der Waals surface area (Å²) in [6.07, 6.45) is 1.12. The molecule has 1 aromatic rings. The van der Waals surface area contributed by atoms with E-state index in [1.165, 1.54) is 12.1 Å². The molecule has 8 heteroatoms. The molecule has 1 amide bonds. The van der Waals surface area contributed by atoms with Crippen LogP contribution in [0, 0.1) is 0 Å². The lowest BCUT2D eigenvalue weighted by atomic mass is 10.1. The molecule has 0 saturated carbocycles. The third-order valence-electron chi connectivity index (χ3n) is 3.75. The van der Waals surface area contributed by atoms with E-state index in [0.29, 0.717) is 19.4 Å². The van der Waals surface area contributed by atoms with Crippen LogP contribution in [0.5, 0.6) is 0 Å². The van der Waals surface area contributed by atoms with Gasteiger partial charge in [0.25, 0.3) is 0 Å². The zero-order valence-electron chi connectivity index (χ0n) is 13.0. The Morgan fingerprint density at radius 1 is 1.22 bits per heavy atom. The number of hydrogen-bond donors (Lipinski definition) is 2. The summed E-state index contributed by atoms with van der Waals surface area (Å²) in [5.74, 6) is 0.0256. The van der Waals surface area contributed by atoms with Crippen LogP contribution in [0.3, 0.4) is 0 Å². The number of primary sulfonamides is 1. The summed E-state index contributed by atoms with van der Waals surface area (Å²) >= 11 is 0. The Morgan fingerprint density at radius 2 is 1.87 bits per heavy atom. The summed E-state index contributed by atoms with van der Waals surface area (Å²) in [6.45, 7) is 4.49. The topological polar surface area (TPSA) is 102 Å². The maximum Gasteiger partial charge on any atom is 0.238 e. The van der Waals surface area contributed by atoms with Crippen molar-refractivity contribution in [1.82, 2.24) is 10.2 Å². The number of sulfonamides is 1. The van der Waals surface area contributed by atoms with E-state index < -0.39 is 10.0 Å². The monoisotopic (exact) mass is 341 g/mol. The maximum absolute atomic E-state index is 11.8. The SMILES string of the molecule is NS(=O)(=O)c1ccc(CCNC(=O)CCN2CCOCC2)cc1. The van der Waals surface area contributed by atoms with Crippen LogP contribution in [0.1, 0.15) is 12.0 Å². The minimum Gasteiger partial charge on any atom is -0.379 e. The fourth-order valence-corrected chi connectivity index (χ4v) is 2.88. The van der Waals surface area contributed by atoms with Gasteiger partial charge in [-0.2, -0.15) is 0 Å². The van der Waals surface area contributed by atoms with Gasteiger partial charge in [0.15, 0.2) is 0 Å². The van der Waals surface area contributed by atoms with Crippen LogP contribution in [0.2, 0.25) is 0 Å². The third-order valence-corrected chi connectivity index (χ3v) is 4.68. The molecule has 23 heavy (non-hydrogen) atoms. The van der Waals surface area contributed by atoms with Gasteiger partial charge in [-0.1, -0.05) is 12.1 Å². The standard InChI is InChI=1S/C15H23N3O4S/c16-23(20,21)14-3-1-13(2-4-14)5-7-17-15(19)6-8-18-9-11-22-12-10-18/h1-4H,5-12H2,(H,17,19)(H2,16,20,21). The van der Waals surface area contributed by atoms with E-state index in [0.717, 1.165) is 38.4 Å². The van der Waals surface area contributed by atoms with Crippen LogP contribution in [-0.4, -0.2) is 58.6 Å². The minimum absolute atomic E-state index is 0.0256. The summed E-state index contributed by atoms with van der Waals surface area (Å²) in [7, 11) is -3.65. The highest BCUT2D eigenvalue weighted by atomic mass is 32.2. The van der Waals surface area contributed by atoms with Gasteiger partial charge in [0.1, 0.15) is 0 Å². The molecule has 1 aliphatic rings. The molecule has 1 heterocycles. The van der Waals surface area contributed by atoms with Gasteiger partial charge in [-0.3, -0.25) is 9.69 Å². The van der Waals surface area contributed by atoms with Crippen molar-refractivity contribution < 1.29 is 17.9 Å². The first-order chi connectivity index (χ1) is 10.9. The van der Waals surface area contributed by atoms with Crippen molar-refractivity contribution in [3.8, 4) is 0 Å². The average molecular weight is 341 g/mol. The molecule has 0 bridgehead atoms. The lowest BCUT2D eigenvalue weighted by Gasteiger charge is -2.26. The largest absolute Gasteiger partial charge is 0.379 e. The van der Waals surface area contributed by atoms with Gasteiger partial charge in [0, 0.05) is 32.6 Å². The first-order valence-corrected chi connectivity index (χ1v) is 9.18. The number of amides is 1. The van der Waals surface area contributed by atoms with E-state index in [1.54, 1.807) is 12.1 Å². The van der Waals surface area contributed by atoms with E-state index in [-0.39, 0.29) is 10.8 Å². The number of benzene rings is 1. The van der Waals surface area contributed by atoms with Crippen LogP contribution < -0.4 is 10.5 Å². The number of nitrogens with zero attached hydrogens (tertiary/aromatic N) is 1. The molecule has 0 unspecified atom stereocenters. The van der Waals surface area contributed by atoms with Crippen LogP contribution in [-0.2, 0) is 26.0 Å². The lowest BCUT2D eigenvalue weighted by molar-refractivity contribution is -0.121. The van der Waals surface area contributed by atoms with Crippen LogP contribution >= 0.6 is 0 Å². The summed E-state index contributed by atoms with van der Waals surface area (Å²) < 4.78 is 27.6. The van der Waals surface area contributed by atoms with Crippen molar-refractivity contribution in [3.63, 3.8) is 0 Å². The Kier molecular flexibility index (Phi) is 6.52. The predicted octanol–water partition coefficient (Wildman–Crippen LogP) is -0.285. The van der Waals surface area contributed by atoms with Crippen molar-refractivity contribution in [2.75, 3.05) is 39.4 Å². The quantitative estimate of drug-likeness (QED) is 0.710. The van der Waals surface area contributed by atoms with E-state index in [4.69, 9.17) is 9.88 Å². The highest BCUT2D eigenvalue weighted by Crippen LogP contribution is 2.08. The minimum atomic E-state index is -3.65. The van der Waals surface area contributed by atoms with Crippen molar-refractivity contribution in [3.05, 3.63) is 29.8 Å². The highest BCUT2D eigenvalue weighted by molar-refractivity contribution is 7.89. The van der Waals surface area contributed by atoms with Crippen molar-refractivity contribution in [2.24, 2.45) is 5.14 Å². The Labute approximate surface area is 136 Å². The van der Waals surface area contributed by atoms with Gasteiger partial charge in [-0.15, -0.1) is 0 Å². The molecular weight excluding hydrogens is 318 g/mol. The molecule has 1 aliphatic heterocycles. The molecular formula is C15H23N3O4S. The lowest BCUT2D eigenvalue weighted by Crippen LogP contribution is -2.39. The molecule has 2 rings (SSSR count). The van der Waals surface area contributed by atoms with E-state index in [2.05, 4.69) is 10.2 Å². The highest BCUT2D eigenvalue weighted by Gasteiger charge is 2.11. The smallest absolute Gasteiger partial charge is 0.238 e. The van der Waals surface area contributed by atoms with Crippen molar-refractivity contribution in [1.29, 1.82) is 0 Å². The van der Waals surface area contributed by atoms with E-state index in [9.17, 15) is 13.2 Å². The first-order valence-electron chi connectivity index (χ1n) is 7.64. The number of morpholine rings is 1. The van der Waals surface area contributed by atoms with E-state index >= 15 is 0 Å². The van der Waals surface area contributed by atoms with Crippen molar-refractivity contribution >= 4 is 15.9 Å². The molecule has 1 aromatic carbocycles. The Hall–Kier alpha value is -1.48. The Balaban J connectivity index is 1.66. The third kappa shape index (κ3) is 6.26. The maximum atomic E-state index is 11.8. The summed E-state index contributed by atoms with van der Waals surface area (Å²) in [5.41, 5.74) is 0.950. The molecule has 7 nitrogen and oxygen atoms in total. The number of nitrogens with one attached hydrogen (secondary N) is 1. The molecule has 3 N–H and O–H groups in total. The second-order valence-electron chi connectivity index (χ2n) is 5.49. The van der Waals surface area contributed by atoms with Crippen LogP contribution in [0.4, 0.5) is 0 Å². The second kappa shape index (κ2) is 8.39. The molecule has 0 radical (unpaired) electrons. The van der Waals surface area contributed by atoms with Gasteiger partial charge in [0.2, 0.25) is 15.9 Å². The molecule has 0 aromatic heterocycles. The summed E-state index contributed by atoms with van der Waals surface area (Å²) in [6, 6.07) is 6.37. The predicted molar refractivity (Wildman–Crippen MR) is 86.4 cm³/mol. The van der Waals surface area contributed by atoms with Crippen LogP contribution in [0.25, 0.3) is 0 Å². The Bertz CT molecular complexity index is 610. The molecule has 0 spiro atoms. The zero-order chi connectivity index (χ0) is 16.7. The average Bonchev–Trinajstić information content (AvgIpc) is 2.53. The number of nitrogens with two attached hydrogens (primary N) is 1. The first kappa shape index (κ1) is 17.9. The molecule has 0 aliphatic carbocycles. The fraction of sp³-hybridized carbons (Fsp3) is 0.533. The number of carbonyl (C=O) groups is 1. The summed E-state index contributed by atoms with van der Waals surface area (Å²) in [4.78, 5) is 14.1. The molecule has 1 saturated heterocycles. The fourth-order valence-electron chi connectivity index (χ4n) is 2.36. The van der Waals surface area contributed by atoms with E-state index in [1.807, 2.05) is 0 Å². The summed E-state index contributed by atoms with van der Waals surface area (Å²) in [5, 5.41) is 7.92. The number of rotatable bonds is 7. The van der Waals surface area contributed by atoms with Crippen molar-refractivity contribution in [2.45, 2.75) is 17.7 Å². The van der Waals surface area contributed by atoms with Gasteiger partial charge in [-0.05, 0) is 24.1 Å².